The van der Waals surface area contributed by atoms with Crippen LogP contribution in [0, 0.1) is 6.92 Å². The van der Waals surface area contributed by atoms with Crippen LogP contribution in [0.5, 0.6) is 0 Å². The Bertz CT molecular complexity index is 772. The van der Waals surface area contributed by atoms with E-state index in [0.29, 0.717) is 16.4 Å². The van der Waals surface area contributed by atoms with Crippen LogP contribution in [0.4, 0.5) is 5.69 Å². The average molecular weight is 330 g/mol. The first-order valence-electron chi connectivity index (χ1n) is 6.14. The van der Waals surface area contributed by atoms with Gasteiger partial charge in [0, 0.05) is 7.05 Å². The fourth-order valence-corrected chi connectivity index (χ4v) is 3.67. The molecule has 1 unspecified atom stereocenters. The van der Waals surface area contributed by atoms with Gasteiger partial charge in [0.15, 0.2) is 0 Å². The standard InChI is InChI=1S/C12H16ClN5O2S/c1-7-4-9(13)10(14)5-11(7)21(19,20)17-8(2)12-16-15-6-18(12)3/h4-6,8,17H,14H2,1-3H3. The zero-order chi connectivity index (χ0) is 15.8. The highest BCUT2D eigenvalue weighted by atomic mass is 35.5. The van der Waals surface area contributed by atoms with E-state index in [9.17, 15) is 8.42 Å². The number of rotatable bonds is 4. The van der Waals surface area contributed by atoms with E-state index in [1.165, 1.54) is 18.5 Å². The number of aryl methyl sites for hydroxylation is 2. The van der Waals surface area contributed by atoms with Crippen molar-refractivity contribution in [2.45, 2.75) is 24.8 Å². The summed E-state index contributed by atoms with van der Waals surface area (Å²) in [7, 11) is -2.00. The molecule has 0 aliphatic carbocycles. The summed E-state index contributed by atoms with van der Waals surface area (Å²) in [4.78, 5) is 0.0958. The quantitative estimate of drug-likeness (QED) is 0.825. The van der Waals surface area contributed by atoms with E-state index >= 15 is 0 Å². The molecule has 1 atom stereocenters. The van der Waals surface area contributed by atoms with Gasteiger partial charge in [-0.2, -0.15) is 0 Å². The number of aromatic nitrogens is 3. The highest BCUT2D eigenvalue weighted by Crippen LogP contribution is 2.27. The van der Waals surface area contributed by atoms with E-state index in [-0.39, 0.29) is 10.6 Å². The minimum atomic E-state index is -3.74. The van der Waals surface area contributed by atoms with Crippen molar-refractivity contribution in [2.75, 3.05) is 5.73 Å². The molecule has 0 fully saturated rings. The van der Waals surface area contributed by atoms with Crippen LogP contribution >= 0.6 is 11.6 Å². The van der Waals surface area contributed by atoms with Gasteiger partial charge in [0.25, 0.3) is 0 Å². The monoisotopic (exact) mass is 329 g/mol. The van der Waals surface area contributed by atoms with E-state index in [0.717, 1.165) is 0 Å². The Morgan fingerprint density at radius 3 is 2.67 bits per heavy atom. The summed E-state index contributed by atoms with van der Waals surface area (Å²) in [6.45, 7) is 3.35. The van der Waals surface area contributed by atoms with Crippen LogP contribution in [0.3, 0.4) is 0 Å². The normalized spacial score (nSPS) is 13.3. The van der Waals surface area contributed by atoms with Gasteiger partial charge in [0.2, 0.25) is 10.0 Å². The van der Waals surface area contributed by atoms with E-state index in [1.807, 2.05) is 0 Å². The molecule has 9 heteroatoms. The van der Waals surface area contributed by atoms with Crippen LogP contribution < -0.4 is 10.5 Å². The van der Waals surface area contributed by atoms with Crippen molar-refractivity contribution in [1.29, 1.82) is 0 Å². The molecule has 0 bridgehead atoms. The molecular weight excluding hydrogens is 314 g/mol. The molecule has 21 heavy (non-hydrogen) atoms. The van der Waals surface area contributed by atoms with Gasteiger partial charge in [-0.1, -0.05) is 11.6 Å². The Morgan fingerprint density at radius 2 is 2.10 bits per heavy atom. The third-order valence-corrected chi connectivity index (χ3v) is 5.06. The summed E-state index contributed by atoms with van der Waals surface area (Å²) in [5, 5.41) is 7.94. The van der Waals surface area contributed by atoms with Crippen molar-refractivity contribution in [3.8, 4) is 0 Å². The molecule has 1 aromatic carbocycles. The zero-order valence-electron chi connectivity index (χ0n) is 11.8. The van der Waals surface area contributed by atoms with E-state index in [4.69, 9.17) is 17.3 Å². The number of hydrogen-bond acceptors (Lipinski definition) is 5. The molecule has 0 radical (unpaired) electrons. The number of hydrogen-bond donors (Lipinski definition) is 2. The molecule has 2 rings (SSSR count). The van der Waals surface area contributed by atoms with Gasteiger partial charge in [-0.05, 0) is 31.5 Å². The van der Waals surface area contributed by atoms with Crippen molar-refractivity contribution in [2.24, 2.45) is 7.05 Å². The Balaban J connectivity index is 2.35. The number of nitrogens with two attached hydrogens (primary N) is 1. The van der Waals surface area contributed by atoms with Gasteiger partial charge in [-0.15, -0.1) is 10.2 Å². The van der Waals surface area contributed by atoms with Gasteiger partial charge in [-0.3, -0.25) is 0 Å². The van der Waals surface area contributed by atoms with Crippen LogP contribution in [0.15, 0.2) is 23.4 Å². The second-order valence-corrected chi connectivity index (χ2v) is 6.87. The van der Waals surface area contributed by atoms with Crippen molar-refractivity contribution in [1.82, 2.24) is 19.5 Å². The molecule has 2 aromatic rings. The first kappa shape index (κ1) is 15.7. The predicted octanol–water partition coefficient (Wildman–Crippen LogP) is 1.40. The number of nitrogens with zero attached hydrogens (tertiary/aromatic N) is 3. The third-order valence-electron chi connectivity index (χ3n) is 3.05. The maximum Gasteiger partial charge on any atom is 0.241 e. The number of benzene rings is 1. The lowest BCUT2D eigenvalue weighted by Gasteiger charge is -2.15. The number of nitrogen functional groups attached to an aromatic ring is 1. The molecular formula is C12H16ClN5O2S. The van der Waals surface area contributed by atoms with Crippen LogP contribution in [-0.2, 0) is 17.1 Å². The van der Waals surface area contributed by atoms with Crippen molar-refractivity contribution >= 4 is 27.3 Å². The van der Waals surface area contributed by atoms with Crippen molar-refractivity contribution in [3.63, 3.8) is 0 Å². The first-order chi connectivity index (χ1) is 9.72. The SMILES string of the molecule is Cc1cc(Cl)c(N)cc1S(=O)(=O)NC(C)c1nncn1C. The van der Waals surface area contributed by atoms with Crippen molar-refractivity contribution in [3.05, 3.63) is 34.9 Å². The fourth-order valence-electron chi connectivity index (χ4n) is 1.99. The number of halogens is 1. The smallest absolute Gasteiger partial charge is 0.241 e. The van der Waals surface area contributed by atoms with Crippen LogP contribution in [0.2, 0.25) is 5.02 Å². The molecule has 114 valence electrons. The highest BCUT2D eigenvalue weighted by molar-refractivity contribution is 7.89. The van der Waals surface area contributed by atoms with Crippen LogP contribution in [0.25, 0.3) is 0 Å². The van der Waals surface area contributed by atoms with Gasteiger partial charge in [0.05, 0.1) is 21.6 Å². The van der Waals surface area contributed by atoms with Gasteiger partial charge >= 0.3 is 0 Å². The number of sulfonamides is 1. The lowest BCUT2D eigenvalue weighted by Crippen LogP contribution is -2.29. The summed E-state index contributed by atoms with van der Waals surface area (Å²) >= 11 is 5.88. The van der Waals surface area contributed by atoms with E-state index < -0.39 is 16.1 Å². The minimum Gasteiger partial charge on any atom is -0.397 e. The number of nitrogens with one attached hydrogen (secondary N) is 1. The second-order valence-electron chi connectivity index (χ2n) is 4.78. The summed E-state index contributed by atoms with van der Waals surface area (Å²) in [6, 6.07) is 2.35. The molecule has 1 heterocycles. The topological polar surface area (TPSA) is 103 Å². The lowest BCUT2D eigenvalue weighted by atomic mass is 10.2. The van der Waals surface area contributed by atoms with Gasteiger partial charge in [0.1, 0.15) is 12.2 Å². The van der Waals surface area contributed by atoms with Crippen LogP contribution in [0.1, 0.15) is 24.4 Å². The fraction of sp³-hybridized carbons (Fsp3) is 0.333. The molecule has 0 saturated carbocycles. The number of anilines is 1. The predicted molar refractivity (Wildman–Crippen MR) is 80.3 cm³/mol. The molecule has 3 N–H and O–H groups in total. The second kappa shape index (κ2) is 5.63. The van der Waals surface area contributed by atoms with E-state index in [1.54, 1.807) is 25.5 Å². The summed E-state index contributed by atoms with van der Waals surface area (Å²) in [5.41, 5.74) is 6.42. The maximum atomic E-state index is 12.5. The lowest BCUT2D eigenvalue weighted by molar-refractivity contribution is 0.553. The highest BCUT2D eigenvalue weighted by Gasteiger charge is 2.23. The zero-order valence-corrected chi connectivity index (χ0v) is 13.4. The van der Waals surface area contributed by atoms with Gasteiger partial charge in [-0.25, -0.2) is 13.1 Å². The molecule has 0 spiro atoms. The van der Waals surface area contributed by atoms with Crippen LogP contribution in [-0.4, -0.2) is 23.2 Å². The molecule has 7 nitrogen and oxygen atoms in total. The molecule has 0 saturated heterocycles. The van der Waals surface area contributed by atoms with Gasteiger partial charge < -0.3 is 10.3 Å². The average Bonchev–Trinajstić information content (AvgIpc) is 2.79. The first-order valence-corrected chi connectivity index (χ1v) is 8.00. The summed E-state index contributed by atoms with van der Waals surface area (Å²) < 4.78 is 29.1. The molecule has 0 amide bonds. The summed E-state index contributed by atoms with van der Waals surface area (Å²) in [6.07, 6.45) is 1.51. The third kappa shape index (κ3) is 3.17. The Hall–Kier alpha value is -1.64. The van der Waals surface area contributed by atoms with E-state index in [2.05, 4.69) is 14.9 Å². The Morgan fingerprint density at radius 1 is 1.43 bits per heavy atom. The minimum absolute atomic E-state index is 0.0958. The molecule has 1 aromatic heterocycles. The molecule has 0 aliphatic rings. The largest absolute Gasteiger partial charge is 0.397 e. The molecule has 0 aliphatic heterocycles. The Labute approximate surface area is 128 Å². The Kier molecular flexibility index (Phi) is 4.22. The van der Waals surface area contributed by atoms with Crippen molar-refractivity contribution < 1.29 is 8.42 Å². The maximum absolute atomic E-state index is 12.5. The summed E-state index contributed by atoms with van der Waals surface area (Å²) in [5.74, 6) is 0.512.